The molecule has 2 aromatic rings. The van der Waals surface area contributed by atoms with Crippen molar-refractivity contribution < 1.29 is 19.4 Å². The number of anilines is 2. The van der Waals surface area contributed by atoms with Crippen LogP contribution in [0.3, 0.4) is 0 Å². The number of hydrogen-bond donors (Lipinski definition) is 2. The molecule has 2 N–H and O–H groups in total. The van der Waals surface area contributed by atoms with Gasteiger partial charge in [-0.25, -0.2) is 4.98 Å². The third-order valence-electron chi connectivity index (χ3n) is 8.02. The molecule has 0 spiro atoms. The fraction of sp³-hybridized carbons (Fsp3) is 0.583. The van der Waals surface area contributed by atoms with Crippen molar-refractivity contribution in [3.8, 4) is 0 Å². The summed E-state index contributed by atoms with van der Waals surface area (Å²) < 4.78 is 10.9. The molecule has 5 atom stereocenters. The molecule has 8 nitrogen and oxygen atoms in total. The Bertz CT molecular complexity index is 1080. The number of nitrogens with one attached hydrogen (secondary N) is 1. The minimum absolute atomic E-state index is 0.0389. The summed E-state index contributed by atoms with van der Waals surface area (Å²) in [5.41, 5.74) is 0.652. The summed E-state index contributed by atoms with van der Waals surface area (Å²) in [4.78, 5) is 21.7. The largest absolute Gasteiger partial charge is 0.389 e. The van der Waals surface area contributed by atoms with Gasteiger partial charge in [-0.1, -0.05) is 11.6 Å². The summed E-state index contributed by atoms with van der Waals surface area (Å²) >= 11 is 6.65. The Kier molecular flexibility index (Phi) is 5.27. The number of aliphatic hydroxyl groups is 1. The average molecular weight is 473 g/mol. The average Bonchev–Trinajstić information content (AvgIpc) is 3.09. The number of carbonyl (C=O) groups excluding carboxylic acids is 1. The molecule has 4 aliphatic rings. The van der Waals surface area contributed by atoms with E-state index in [4.69, 9.17) is 21.1 Å². The van der Waals surface area contributed by atoms with E-state index in [0.717, 1.165) is 42.6 Å². The lowest BCUT2D eigenvalue weighted by Crippen LogP contribution is -2.60. The van der Waals surface area contributed by atoms with Crippen molar-refractivity contribution in [3.63, 3.8) is 0 Å². The second-order valence-corrected chi connectivity index (χ2v) is 10.4. The van der Waals surface area contributed by atoms with Gasteiger partial charge in [-0.3, -0.25) is 9.69 Å². The van der Waals surface area contributed by atoms with E-state index in [0.29, 0.717) is 49.1 Å². The molecule has 3 saturated heterocycles. The van der Waals surface area contributed by atoms with Crippen LogP contribution in [-0.2, 0) is 14.3 Å². The van der Waals surface area contributed by atoms with Crippen molar-refractivity contribution in [2.75, 3.05) is 62.8 Å². The van der Waals surface area contributed by atoms with E-state index in [1.165, 1.54) is 0 Å². The normalized spacial score (nSPS) is 34.0. The maximum Gasteiger partial charge on any atom is 0.229 e. The first-order chi connectivity index (χ1) is 15.9. The van der Waals surface area contributed by atoms with Crippen LogP contribution in [0.1, 0.15) is 6.92 Å². The predicted molar refractivity (Wildman–Crippen MR) is 126 cm³/mol. The monoisotopic (exact) mass is 472 g/mol. The molecule has 33 heavy (non-hydrogen) atoms. The Morgan fingerprint density at radius 1 is 1.12 bits per heavy atom. The molecule has 1 saturated carbocycles. The number of piperazine rings is 1. The van der Waals surface area contributed by atoms with Crippen LogP contribution in [0.25, 0.3) is 10.8 Å². The highest BCUT2D eigenvalue weighted by atomic mass is 35.5. The van der Waals surface area contributed by atoms with Gasteiger partial charge in [0.25, 0.3) is 0 Å². The van der Waals surface area contributed by atoms with Gasteiger partial charge in [0.2, 0.25) is 5.91 Å². The number of amides is 1. The quantitative estimate of drug-likeness (QED) is 0.703. The summed E-state index contributed by atoms with van der Waals surface area (Å²) in [7, 11) is 0. The zero-order valence-electron chi connectivity index (χ0n) is 18.7. The van der Waals surface area contributed by atoms with E-state index in [2.05, 4.69) is 33.1 Å². The third kappa shape index (κ3) is 3.68. The number of rotatable bonds is 4. The SMILES string of the molecule is C[C@@]1(N2CCN(c3cc4cc(NC(=O)C5C6COC[C@@H]65)ncc4cc3Cl)CC2)COC[C@@H]1O. The molecule has 1 aromatic carbocycles. The number of benzene rings is 1. The van der Waals surface area contributed by atoms with Gasteiger partial charge in [0.15, 0.2) is 0 Å². The number of hydrogen-bond acceptors (Lipinski definition) is 7. The van der Waals surface area contributed by atoms with Crippen molar-refractivity contribution in [2.45, 2.75) is 18.6 Å². The van der Waals surface area contributed by atoms with Crippen LogP contribution >= 0.6 is 11.6 Å². The summed E-state index contributed by atoms with van der Waals surface area (Å²) in [5, 5.41) is 16.0. The fourth-order valence-electron chi connectivity index (χ4n) is 5.72. The molecular formula is C24H29ClN4O4. The molecule has 1 aromatic heterocycles. The molecule has 3 aliphatic heterocycles. The second kappa shape index (κ2) is 8.06. The Morgan fingerprint density at radius 3 is 2.58 bits per heavy atom. The summed E-state index contributed by atoms with van der Waals surface area (Å²) in [6, 6.07) is 5.94. The van der Waals surface area contributed by atoms with Crippen molar-refractivity contribution in [3.05, 3.63) is 29.4 Å². The van der Waals surface area contributed by atoms with Crippen LogP contribution in [0.4, 0.5) is 11.5 Å². The maximum atomic E-state index is 12.6. The standard InChI is InChI=1S/C24H29ClN4O4/c1-24(13-33-12-20(24)30)29-4-2-28(3-5-29)19-7-14-8-21(26-9-15(14)6-18(19)25)27-23(31)22-16-10-32-11-17(16)22/h6-9,16-17,20,22,30H,2-5,10-13H2,1H3,(H,26,27,31)/t16-,17?,20-,22?,24+/m0/s1. The van der Waals surface area contributed by atoms with Gasteiger partial charge in [0.1, 0.15) is 5.82 Å². The molecule has 1 aliphatic carbocycles. The number of nitrogens with zero attached hydrogens (tertiary/aromatic N) is 3. The number of ether oxygens (including phenoxy) is 2. The zero-order chi connectivity index (χ0) is 22.7. The summed E-state index contributed by atoms with van der Waals surface area (Å²) in [6.45, 7) is 7.70. The first-order valence-corrected chi connectivity index (χ1v) is 12.1. The van der Waals surface area contributed by atoms with Crippen LogP contribution in [0.2, 0.25) is 5.02 Å². The van der Waals surface area contributed by atoms with Gasteiger partial charge in [-0.15, -0.1) is 0 Å². The fourth-order valence-corrected chi connectivity index (χ4v) is 6.01. The minimum atomic E-state index is -0.461. The second-order valence-electron chi connectivity index (χ2n) is 9.96. The molecule has 6 rings (SSSR count). The predicted octanol–water partition coefficient (Wildman–Crippen LogP) is 1.99. The molecule has 0 bridgehead atoms. The molecule has 176 valence electrons. The smallest absolute Gasteiger partial charge is 0.229 e. The number of carbonyl (C=O) groups is 1. The van der Waals surface area contributed by atoms with Crippen LogP contribution < -0.4 is 10.2 Å². The Balaban J connectivity index is 1.17. The van der Waals surface area contributed by atoms with Crippen molar-refractivity contribution in [1.82, 2.24) is 9.88 Å². The van der Waals surface area contributed by atoms with Gasteiger partial charge in [-0.05, 0) is 42.3 Å². The van der Waals surface area contributed by atoms with Crippen LogP contribution in [0.5, 0.6) is 0 Å². The number of aliphatic hydroxyl groups excluding tert-OH is 1. The van der Waals surface area contributed by atoms with E-state index in [9.17, 15) is 9.90 Å². The molecule has 2 unspecified atom stereocenters. The van der Waals surface area contributed by atoms with Gasteiger partial charge in [0.05, 0.1) is 48.8 Å². The molecule has 4 fully saturated rings. The Hall–Kier alpha value is -1.97. The summed E-state index contributed by atoms with van der Waals surface area (Å²) in [5.74, 6) is 1.40. The topological polar surface area (TPSA) is 87.2 Å². The highest BCUT2D eigenvalue weighted by molar-refractivity contribution is 6.34. The van der Waals surface area contributed by atoms with Gasteiger partial charge >= 0.3 is 0 Å². The Morgan fingerprint density at radius 2 is 1.88 bits per heavy atom. The van der Waals surface area contributed by atoms with Gasteiger partial charge < -0.3 is 24.8 Å². The number of pyridine rings is 1. The van der Waals surface area contributed by atoms with Crippen molar-refractivity contribution >= 4 is 39.8 Å². The van der Waals surface area contributed by atoms with Crippen LogP contribution in [-0.4, -0.2) is 85.1 Å². The van der Waals surface area contributed by atoms with Crippen molar-refractivity contribution in [2.24, 2.45) is 17.8 Å². The molecule has 4 heterocycles. The molecule has 9 heteroatoms. The highest BCUT2D eigenvalue weighted by Gasteiger charge is 2.58. The first kappa shape index (κ1) is 21.6. The summed E-state index contributed by atoms with van der Waals surface area (Å²) in [6.07, 6.45) is 1.30. The first-order valence-electron chi connectivity index (χ1n) is 11.7. The molecular weight excluding hydrogens is 444 g/mol. The van der Waals surface area contributed by atoms with Crippen molar-refractivity contribution in [1.29, 1.82) is 0 Å². The highest BCUT2D eigenvalue weighted by Crippen LogP contribution is 2.51. The van der Waals surface area contributed by atoms with Crippen LogP contribution in [0, 0.1) is 17.8 Å². The minimum Gasteiger partial charge on any atom is -0.389 e. The van der Waals surface area contributed by atoms with E-state index in [1.54, 1.807) is 6.20 Å². The number of aromatic nitrogens is 1. The Labute approximate surface area is 197 Å². The van der Waals surface area contributed by atoms with E-state index in [-0.39, 0.29) is 17.4 Å². The number of halogens is 1. The number of fused-ring (bicyclic) bond motifs is 2. The third-order valence-corrected chi connectivity index (χ3v) is 8.33. The van der Waals surface area contributed by atoms with Crippen LogP contribution in [0.15, 0.2) is 24.4 Å². The van der Waals surface area contributed by atoms with Gasteiger partial charge in [-0.2, -0.15) is 0 Å². The van der Waals surface area contributed by atoms with E-state index < -0.39 is 6.10 Å². The van der Waals surface area contributed by atoms with Gasteiger partial charge in [0, 0.05) is 43.7 Å². The van der Waals surface area contributed by atoms with E-state index in [1.807, 2.05) is 12.1 Å². The molecule has 0 radical (unpaired) electrons. The maximum absolute atomic E-state index is 12.6. The molecule has 1 amide bonds. The van der Waals surface area contributed by atoms with E-state index >= 15 is 0 Å². The lowest BCUT2D eigenvalue weighted by Gasteiger charge is -2.45. The zero-order valence-corrected chi connectivity index (χ0v) is 19.4. The lowest BCUT2D eigenvalue weighted by molar-refractivity contribution is -0.118. The lowest BCUT2D eigenvalue weighted by atomic mass is 9.95.